The molecule has 0 unspecified atom stereocenters. The van der Waals surface area contributed by atoms with Crippen LogP contribution in [-0.2, 0) is 21.7 Å². The maximum atomic E-state index is 12.4. The Morgan fingerprint density at radius 1 is 1.33 bits per heavy atom. The van der Waals surface area contributed by atoms with Crippen LogP contribution in [0.4, 0.5) is 0 Å². The van der Waals surface area contributed by atoms with E-state index in [-0.39, 0.29) is 30.8 Å². The monoisotopic (exact) mass is 349 g/mol. The number of para-hydroxylation sites is 1. The molecule has 2 aromatic rings. The first-order valence-corrected chi connectivity index (χ1v) is 9.11. The zero-order valence-electron chi connectivity index (χ0n) is 13.5. The second-order valence-electron chi connectivity index (χ2n) is 5.84. The van der Waals surface area contributed by atoms with Gasteiger partial charge >= 0.3 is 0 Å². The van der Waals surface area contributed by atoms with E-state index in [4.69, 9.17) is 4.74 Å². The number of aromatic nitrogens is 2. The standard InChI is InChI=1S/C16H19N3O4S/c1-12-5-3-4-6-14(12)23-11-15(20)19-9-13(10-19)24(21,22)16-17-7-8-18(16)2/h3-8,13H,9-11H2,1-2H3. The average molecular weight is 349 g/mol. The second kappa shape index (κ2) is 6.27. The van der Waals surface area contributed by atoms with Crippen LogP contribution in [0, 0.1) is 6.92 Å². The van der Waals surface area contributed by atoms with Gasteiger partial charge in [-0.15, -0.1) is 0 Å². The Labute approximate surface area is 140 Å². The number of rotatable bonds is 5. The summed E-state index contributed by atoms with van der Waals surface area (Å²) in [6.45, 7) is 2.15. The van der Waals surface area contributed by atoms with E-state index >= 15 is 0 Å². The van der Waals surface area contributed by atoms with Gasteiger partial charge in [-0.1, -0.05) is 18.2 Å². The smallest absolute Gasteiger partial charge is 0.260 e. The number of hydrogen-bond acceptors (Lipinski definition) is 5. The number of sulfone groups is 1. The Morgan fingerprint density at radius 2 is 2.04 bits per heavy atom. The van der Waals surface area contributed by atoms with Gasteiger partial charge in [0, 0.05) is 32.5 Å². The molecule has 0 bridgehead atoms. The van der Waals surface area contributed by atoms with Gasteiger partial charge in [0.2, 0.25) is 15.0 Å². The lowest BCUT2D eigenvalue weighted by Gasteiger charge is -2.38. The predicted molar refractivity (Wildman–Crippen MR) is 87.4 cm³/mol. The lowest BCUT2D eigenvalue weighted by atomic mass is 10.2. The van der Waals surface area contributed by atoms with Crippen LogP contribution in [0.2, 0.25) is 0 Å². The Morgan fingerprint density at radius 3 is 2.67 bits per heavy atom. The fourth-order valence-electron chi connectivity index (χ4n) is 2.56. The molecule has 128 valence electrons. The largest absolute Gasteiger partial charge is 0.484 e. The summed E-state index contributed by atoms with van der Waals surface area (Å²) in [4.78, 5) is 17.5. The first kappa shape index (κ1) is 16.5. The van der Waals surface area contributed by atoms with E-state index in [1.54, 1.807) is 19.3 Å². The highest BCUT2D eigenvalue weighted by atomic mass is 32.2. The van der Waals surface area contributed by atoms with Gasteiger partial charge in [-0.05, 0) is 18.6 Å². The van der Waals surface area contributed by atoms with Crippen molar-refractivity contribution in [3.05, 3.63) is 42.2 Å². The molecule has 1 aliphatic rings. The maximum absolute atomic E-state index is 12.4. The lowest BCUT2D eigenvalue weighted by Crippen LogP contribution is -2.58. The van der Waals surface area contributed by atoms with E-state index in [0.717, 1.165) is 5.56 Å². The van der Waals surface area contributed by atoms with Gasteiger partial charge in [0.15, 0.2) is 6.61 Å². The van der Waals surface area contributed by atoms with Crippen molar-refractivity contribution in [3.8, 4) is 5.75 Å². The summed E-state index contributed by atoms with van der Waals surface area (Å²) in [5.74, 6) is 0.438. The molecule has 1 saturated heterocycles. The second-order valence-corrected chi connectivity index (χ2v) is 7.96. The molecule has 1 aromatic heterocycles. The van der Waals surface area contributed by atoms with E-state index in [9.17, 15) is 13.2 Å². The number of benzene rings is 1. The van der Waals surface area contributed by atoms with Crippen molar-refractivity contribution in [1.82, 2.24) is 14.5 Å². The highest BCUT2D eigenvalue weighted by Crippen LogP contribution is 2.23. The molecule has 3 rings (SSSR count). The molecule has 8 heteroatoms. The number of amides is 1. The van der Waals surface area contributed by atoms with Crippen molar-refractivity contribution >= 4 is 15.7 Å². The van der Waals surface area contributed by atoms with Gasteiger partial charge in [0.1, 0.15) is 11.0 Å². The molecular weight excluding hydrogens is 330 g/mol. The number of aryl methyl sites for hydroxylation is 2. The molecule has 7 nitrogen and oxygen atoms in total. The number of carbonyl (C=O) groups is 1. The first-order chi connectivity index (χ1) is 11.4. The Balaban J connectivity index is 1.56. The zero-order chi connectivity index (χ0) is 17.3. The fourth-order valence-corrected chi connectivity index (χ4v) is 4.28. The van der Waals surface area contributed by atoms with Crippen LogP contribution in [-0.4, -0.2) is 53.7 Å². The van der Waals surface area contributed by atoms with Crippen LogP contribution in [0.5, 0.6) is 5.75 Å². The third-order valence-corrected chi connectivity index (χ3v) is 6.19. The summed E-state index contributed by atoms with van der Waals surface area (Å²) >= 11 is 0. The van der Waals surface area contributed by atoms with Crippen LogP contribution in [0.25, 0.3) is 0 Å². The molecule has 0 radical (unpaired) electrons. The minimum atomic E-state index is -3.51. The van der Waals surface area contributed by atoms with Crippen LogP contribution in [0.3, 0.4) is 0 Å². The molecule has 1 amide bonds. The quantitative estimate of drug-likeness (QED) is 0.797. The summed E-state index contributed by atoms with van der Waals surface area (Å²) in [5, 5.41) is -0.572. The van der Waals surface area contributed by atoms with Gasteiger partial charge in [-0.25, -0.2) is 13.4 Å². The summed E-state index contributed by atoms with van der Waals surface area (Å²) in [6.07, 6.45) is 3.04. The summed E-state index contributed by atoms with van der Waals surface area (Å²) in [6, 6.07) is 7.43. The minimum Gasteiger partial charge on any atom is -0.484 e. The first-order valence-electron chi connectivity index (χ1n) is 7.57. The van der Waals surface area contributed by atoms with E-state index in [2.05, 4.69) is 4.98 Å². The highest BCUT2D eigenvalue weighted by Gasteiger charge is 2.42. The fraction of sp³-hybridized carbons (Fsp3) is 0.375. The maximum Gasteiger partial charge on any atom is 0.260 e. The molecule has 24 heavy (non-hydrogen) atoms. The van der Waals surface area contributed by atoms with Crippen molar-refractivity contribution in [2.24, 2.45) is 7.05 Å². The molecule has 1 fully saturated rings. The van der Waals surface area contributed by atoms with E-state index < -0.39 is 15.1 Å². The van der Waals surface area contributed by atoms with Crippen molar-refractivity contribution < 1.29 is 17.9 Å². The molecule has 0 N–H and O–H groups in total. The summed E-state index contributed by atoms with van der Waals surface area (Å²) < 4.78 is 31.9. The molecular formula is C16H19N3O4S. The Kier molecular flexibility index (Phi) is 4.31. The number of likely N-dealkylation sites (tertiary alicyclic amines) is 1. The van der Waals surface area contributed by atoms with Crippen LogP contribution < -0.4 is 4.74 Å². The number of hydrogen-bond donors (Lipinski definition) is 0. The molecule has 1 aromatic carbocycles. The van der Waals surface area contributed by atoms with E-state index in [1.165, 1.54) is 15.7 Å². The number of imidazole rings is 1. The topological polar surface area (TPSA) is 81.5 Å². The van der Waals surface area contributed by atoms with E-state index in [0.29, 0.717) is 5.75 Å². The number of ether oxygens (including phenoxy) is 1. The third kappa shape index (κ3) is 3.01. The van der Waals surface area contributed by atoms with Gasteiger partial charge in [-0.2, -0.15) is 0 Å². The SMILES string of the molecule is Cc1ccccc1OCC(=O)N1CC(S(=O)(=O)c2nccn2C)C1. The van der Waals surface area contributed by atoms with Gasteiger partial charge in [0.05, 0.1) is 0 Å². The van der Waals surface area contributed by atoms with Crippen LogP contribution in [0.1, 0.15) is 5.56 Å². The van der Waals surface area contributed by atoms with Crippen molar-refractivity contribution in [2.75, 3.05) is 19.7 Å². The van der Waals surface area contributed by atoms with Gasteiger partial charge < -0.3 is 14.2 Å². The summed E-state index contributed by atoms with van der Waals surface area (Å²) in [5.41, 5.74) is 0.948. The predicted octanol–water partition coefficient (Wildman–Crippen LogP) is 0.792. The zero-order valence-corrected chi connectivity index (χ0v) is 14.4. The Hall–Kier alpha value is -2.35. The number of nitrogens with zero attached hydrogens (tertiary/aromatic N) is 3. The minimum absolute atomic E-state index is 0.0377. The molecule has 0 aliphatic carbocycles. The van der Waals surface area contributed by atoms with Crippen molar-refractivity contribution in [1.29, 1.82) is 0 Å². The lowest BCUT2D eigenvalue weighted by molar-refractivity contribution is -0.136. The average Bonchev–Trinajstić information content (AvgIpc) is 2.91. The molecule has 0 saturated carbocycles. The molecule has 2 heterocycles. The van der Waals surface area contributed by atoms with Crippen LogP contribution >= 0.6 is 0 Å². The molecule has 0 atom stereocenters. The third-order valence-electron chi connectivity index (χ3n) is 4.12. The van der Waals surface area contributed by atoms with Gasteiger partial charge in [-0.3, -0.25) is 4.79 Å². The summed E-state index contributed by atoms with van der Waals surface area (Å²) in [7, 11) is -1.88. The number of carbonyl (C=O) groups excluding carboxylic acids is 1. The highest BCUT2D eigenvalue weighted by molar-refractivity contribution is 7.92. The molecule has 0 spiro atoms. The van der Waals surface area contributed by atoms with E-state index in [1.807, 2.05) is 25.1 Å². The normalized spacial score (nSPS) is 15.2. The van der Waals surface area contributed by atoms with Crippen molar-refractivity contribution in [3.63, 3.8) is 0 Å². The molecule has 1 aliphatic heterocycles. The van der Waals surface area contributed by atoms with Crippen LogP contribution in [0.15, 0.2) is 41.8 Å². The van der Waals surface area contributed by atoms with Gasteiger partial charge in [0.25, 0.3) is 5.91 Å². The van der Waals surface area contributed by atoms with Crippen molar-refractivity contribution in [2.45, 2.75) is 17.3 Å². The Bertz CT molecular complexity index is 854.